The molecule has 0 heterocycles. The van der Waals surface area contributed by atoms with E-state index in [1.165, 1.54) is 7.11 Å². The van der Waals surface area contributed by atoms with Gasteiger partial charge in [-0.15, -0.1) is 0 Å². The van der Waals surface area contributed by atoms with Crippen LogP contribution in [0.3, 0.4) is 0 Å². The van der Waals surface area contributed by atoms with Crippen molar-refractivity contribution in [1.82, 2.24) is 0 Å². The summed E-state index contributed by atoms with van der Waals surface area (Å²) in [5.74, 6) is -0.188. The third-order valence-electron chi connectivity index (χ3n) is 3.61. The molecule has 6 heteroatoms. The molecule has 2 rings (SSSR count). The van der Waals surface area contributed by atoms with Crippen LogP contribution in [-0.4, -0.2) is 31.4 Å². The van der Waals surface area contributed by atoms with E-state index in [9.17, 15) is 14.4 Å². The van der Waals surface area contributed by atoms with Gasteiger partial charge >= 0.3 is 5.97 Å². The summed E-state index contributed by atoms with van der Waals surface area (Å²) in [7, 11) is 1.31. The van der Waals surface area contributed by atoms with Gasteiger partial charge in [0, 0.05) is 17.7 Å². The third kappa shape index (κ3) is 5.44. The zero-order valence-electron chi connectivity index (χ0n) is 14.8. The number of nitrogens with one attached hydrogen (secondary N) is 1. The van der Waals surface area contributed by atoms with E-state index in [-0.39, 0.29) is 18.3 Å². The molecule has 0 saturated heterocycles. The molecule has 26 heavy (non-hydrogen) atoms. The molecule has 2 aromatic carbocycles. The average molecular weight is 355 g/mol. The normalized spacial score (nSPS) is 10.1. The zero-order valence-corrected chi connectivity index (χ0v) is 14.8. The third-order valence-corrected chi connectivity index (χ3v) is 3.61. The first-order valence-electron chi connectivity index (χ1n) is 8.27. The number of methoxy groups -OCH3 is 1. The summed E-state index contributed by atoms with van der Waals surface area (Å²) in [6.45, 7) is 1.81. The molecule has 6 nitrogen and oxygen atoms in total. The minimum Gasteiger partial charge on any atom is -0.485 e. The number of benzene rings is 2. The van der Waals surface area contributed by atoms with Crippen molar-refractivity contribution < 1.29 is 23.9 Å². The molecule has 0 atom stereocenters. The van der Waals surface area contributed by atoms with Crippen LogP contribution in [0.4, 0.5) is 5.69 Å². The maximum absolute atomic E-state index is 12.2. The van der Waals surface area contributed by atoms with Crippen molar-refractivity contribution in [3.8, 4) is 5.75 Å². The van der Waals surface area contributed by atoms with Crippen LogP contribution in [0.5, 0.6) is 5.75 Å². The fraction of sp³-hybridized carbons (Fsp3) is 0.250. The van der Waals surface area contributed by atoms with Gasteiger partial charge in [-0.3, -0.25) is 9.59 Å². The van der Waals surface area contributed by atoms with Gasteiger partial charge in [0.1, 0.15) is 5.75 Å². The number of carbonyl (C=O) groups excluding carboxylic acids is 3. The van der Waals surface area contributed by atoms with Gasteiger partial charge in [0.2, 0.25) is 5.91 Å². The Bertz CT molecular complexity index is 766. The molecule has 0 aliphatic rings. The standard InChI is InChI=1S/C20H21NO5/c1-3-4-19(23)21-16-9-5-14(6-10-16)18(22)13-26-17-11-7-15(8-12-17)20(24)25-2/h5-12H,3-4,13H2,1-2H3,(H,21,23). The second-order valence-electron chi connectivity index (χ2n) is 5.60. The molecule has 0 unspecified atom stereocenters. The van der Waals surface area contributed by atoms with Gasteiger partial charge in [-0.25, -0.2) is 4.79 Å². The van der Waals surface area contributed by atoms with Gasteiger partial charge in [0.05, 0.1) is 12.7 Å². The maximum Gasteiger partial charge on any atom is 0.337 e. The Morgan fingerprint density at radius 2 is 1.54 bits per heavy atom. The van der Waals surface area contributed by atoms with E-state index < -0.39 is 5.97 Å². The Hall–Kier alpha value is -3.15. The van der Waals surface area contributed by atoms with E-state index in [0.29, 0.717) is 29.0 Å². The largest absolute Gasteiger partial charge is 0.485 e. The summed E-state index contributed by atoms with van der Waals surface area (Å²) in [5.41, 5.74) is 1.55. The number of Topliss-reactive ketones (excluding diaryl/α,β-unsaturated/α-hetero) is 1. The second kappa shape index (κ2) is 9.36. The maximum atomic E-state index is 12.2. The van der Waals surface area contributed by atoms with E-state index in [1.54, 1.807) is 48.5 Å². The van der Waals surface area contributed by atoms with Crippen LogP contribution >= 0.6 is 0 Å². The lowest BCUT2D eigenvalue weighted by Crippen LogP contribution is -2.13. The topological polar surface area (TPSA) is 81.7 Å². The first kappa shape index (κ1) is 19.2. The Morgan fingerprint density at radius 3 is 2.12 bits per heavy atom. The van der Waals surface area contributed by atoms with Gasteiger partial charge in [-0.05, 0) is 55.0 Å². The summed E-state index contributed by atoms with van der Waals surface area (Å²) in [5, 5.41) is 2.77. The molecular weight excluding hydrogens is 334 g/mol. The first-order valence-corrected chi connectivity index (χ1v) is 8.27. The Balaban J connectivity index is 1.89. The number of anilines is 1. The van der Waals surface area contributed by atoms with Crippen molar-refractivity contribution in [2.45, 2.75) is 19.8 Å². The van der Waals surface area contributed by atoms with Crippen molar-refractivity contribution in [2.75, 3.05) is 19.0 Å². The summed E-state index contributed by atoms with van der Waals surface area (Å²) >= 11 is 0. The van der Waals surface area contributed by atoms with Gasteiger partial charge in [0.25, 0.3) is 0 Å². The molecule has 1 N–H and O–H groups in total. The SMILES string of the molecule is CCCC(=O)Nc1ccc(C(=O)COc2ccc(C(=O)OC)cc2)cc1. The molecule has 0 radical (unpaired) electrons. The lowest BCUT2D eigenvalue weighted by Gasteiger charge is -2.08. The Morgan fingerprint density at radius 1 is 0.923 bits per heavy atom. The van der Waals surface area contributed by atoms with Crippen LogP contribution in [0.25, 0.3) is 0 Å². The molecule has 2 aromatic rings. The van der Waals surface area contributed by atoms with Gasteiger partial charge in [-0.2, -0.15) is 0 Å². The minimum atomic E-state index is -0.432. The molecular formula is C20H21NO5. The van der Waals surface area contributed by atoms with Crippen molar-refractivity contribution >= 4 is 23.3 Å². The van der Waals surface area contributed by atoms with E-state index >= 15 is 0 Å². The van der Waals surface area contributed by atoms with Gasteiger partial charge in [-0.1, -0.05) is 6.92 Å². The molecule has 0 spiro atoms. The monoisotopic (exact) mass is 355 g/mol. The molecule has 0 aliphatic heterocycles. The molecule has 136 valence electrons. The van der Waals surface area contributed by atoms with Crippen molar-refractivity contribution in [3.63, 3.8) is 0 Å². The predicted molar refractivity (Wildman–Crippen MR) is 97.6 cm³/mol. The zero-order chi connectivity index (χ0) is 18.9. The van der Waals surface area contributed by atoms with Gasteiger partial charge < -0.3 is 14.8 Å². The number of ketones is 1. The number of amides is 1. The predicted octanol–water partition coefficient (Wildman–Crippen LogP) is 3.47. The average Bonchev–Trinajstić information content (AvgIpc) is 2.66. The molecule has 0 aromatic heterocycles. The fourth-order valence-electron chi connectivity index (χ4n) is 2.23. The number of hydrogen-bond acceptors (Lipinski definition) is 5. The molecule has 0 saturated carbocycles. The van der Waals surface area contributed by atoms with Crippen LogP contribution in [0, 0.1) is 0 Å². The molecule has 1 amide bonds. The Labute approximate surface area is 152 Å². The lowest BCUT2D eigenvalue weighted by atomic mass is 10.1. The van der Waals surface area contributed by atoms with Crippen molar-refractivity contribution in [1.29, 1.82) is 0 Å². The molecule has 0 fully saturated rings. The van der Waals surface area contributed by atoms with Crippen LogP contribution in [0.15, 0.2) is 48.5 Å². The van der Waals surface area contributed by atoms with Gasteiger partial charge in [0.15, 0.2) is 12.4 Å². The second-order valence-corrected chi connectivity index (χ2v) is 5.60. The molecule has 0 aliphatic carbocycles. The van der Waals surface area contributed by atoms with E-state index in [2.05, 4.69) is 10.1 Å². The summed E-state index contributed by atoms with van der Waals surface area (Å²) in [6, 6.07) is 13.0. The van der Waals surface area contributed by atoms with Crippen LogP contribution in [0.1, 0.15) is 40.5 Å². The Kier molecular flexibility index (Phi) is 6.91. The van der Waals surface area contributed by atoms with E-state index in [1.807, 2.05) is 6.92 Å². The number of ether oxygens (including phenoxy) is 2. The highest BCUT2D eigenvalue weighted by atomic mass is 16.5. The number of carbonyl (C=O) groups is 3. The summed E-state index contributed by atoms with van der Waals surface area (Å²) in [4.78, 5) is 35.1. The van der Waals surface area contributed by atoms with Crippen molar-refractivity contribution in [2.24, 2.45) is 0 Å². The smallest absolute Gasteiger partial charge is 0.337 e. The highest BCUT2D eigenvalue weighted by Gasteiger charge is 2.09. The first-order chi connectivity index (χ1) is 12.5. The van der Waals surface area contributed by atoms with Crippen molar-refractivity contribution in [3.05, 3.63) is 59.7 Å². The van der Waals surface area contributed by atoms with Crippen LogP contribution in [0.2, 0.25) is 0 Å². The lowest BCUT2D eigenvalue weighted by molar-refractivity contribution is -0.116. The summed E-state index contributed by atoms with van der Waals surface area (Å²) < 4.78 is 10.1. The fourth-order valence-corrected chi connectivity index (χ4v) is 2.23. The number of hydrogen-bond donors (Lipinski definition) is 1. The highest BCUT2D eigenvalue weighted by molar-refractivity contribution is 5.98. The van der Waals surface area contributed by atoms with Crippen LogP contribution in [-0.2, 0) is 9.53 Å². The minimum absolute atomic E-state index is 0.0506. The van der Waals surface area contributed by atoms with E-state index in [0.717, 1.165) is 6.42 Å². The number of rotatable bonds is 8. The highest BCUT2D eigenvalue weighted by Crippen LogP contribution is 2.15. The summed E-state index contributed by atoms with van der Waals surface area (Å²) in [6.07, 6.45) is 1.24. The number of esters is 1. The van der Waals surface area contributed by atoms with E-state index in [4.69, 9.17) is 4.74 Å². The molecule has 0 bridgehead atoms. The van der Waals surface area contributed by atoms with Crippen LogP contribution < -0.4 is 10.1 Å². The quantitative estimate of drug-likeness (QED) is 0.579.